The lowest BCUT2D eigenvalue weighted by molar-refractivity contribution is -0.150. The summed E-state index contributed by atoms with van der Waals surface area (Å²) in [6.07, 6.45) is 12.3. The summed E-state index contributed by atoms with van der Waals surface area (Å²) in [7, 11) is 0. The zero-order valence-electron chi connectivity index (χ0n) is 23.3. The molecule has 36 heavy (non-hydrogen) atoms. The molecule has 0 N–H and O–H groups in total. The van der Waals surface area contributed by atoms with Crippen LogP contribution in [0.25, 0.3) is 0 Å². The van der Waals surface area contributed by atoms with Crippen LogP contribution in [-0.2, 0) is 19.1 Å². The molecule has 5 nitrogen and oxygen atoms in total. The largest absolute Gasteiger partial charge is 0.462 e. The second kappa shape index (κ2) is 9.58. The number of nitrogens with zero attached hydrogens (tertiary/aromatic N) is 1. The minimum atomic E-state index is -0.161. The average molecular weight is 498 g/mol. The molecule has 0 radical (unpaired) electrons. The number of carbonyl (C=O) groups is 2. The van der Waals surface area contributed by atoms with E-state index in [0.717, 1.165) is 45.1 Å². The second-order valence-corrected chi connectivity index (χ2v) is 13.5. The summed E-state index contributed by atoms with van der Waals surface area (Å²) in [5.74, 6) is 2.93. The highest BCUT2D eigenvalue weighted by atomic mass is 16.5. The topological polar surface area (TPSA) is 65.0 Å². The van der Waals surface area contributed by atoms with E-state index < -0.39 is 0 Å². The van der Waals surface area contributed by atoms with Gasteiger partial charge in [0, 0.05) is 44.4 Å². The molecule has 0 aromatic rings. The molecule has 10 atom stereocenters. The fraction of sp³-hybridized carbons (Fsp3) is 0.839. The number of fused-ring (bicyclic) bond motifs is 5. The highest BCUT2D eigenvalue weighted by molar-refractivity contribution is 5.87. The zero-order valence-corrected chi connectivity index (χ0v) is 23.3. The summed E-state index contributed by atoms with van der Waals surface area (Å²) in [6.45, 7) is 13.7. The van der Waals surface area contributed by atoms with Crippen molar-refractivity contribution in [2.45, 2.75) is 112 Å². The van der Waals surface area contributed by atoms with E-state index >= 15 is 0 Å². The summed E-state index contributed by atoms with van der Waals surface area (Å²) in [5.41, 5.74) is 3.25. The van der Waals surface area contributed by atoms with Crippen LogP contribution in [0.2, 0.25) is 0 Å². The third-order valence-electron chi connectivity index (χ3n) is 11.4. The first kappa shape index (κ1) is 26.0. The van der Waals surface area contributed by atoms with Crippen molar-refractivity contribution in [3.63, 3.8) is 0 Å². The van der Waals surface area contributed by atoms with Gasteiger partial charge in [0.25, 0.3) is 0 Å². The van der Waals surface area contributed by atoms with Gasteiger partial charge in [-0.2, -0.15) is 0 Å². The first-order valence-electron chi connectivity index (χ1n) is 14.6. The predicted octanol–water partition coefficient (Wildman–Crippen LogP) is 6.55. The van der Waals surface area contributed by atoms with Gasteiger partial charge in [-0.05, 0) is 85.9 Å². The van der Waals surface area contributed by atoms with Crippen LogP contribution in [-0.4, -0.2) is 36.4 Å². The zero-order chi connectivity index (χ0) is 25.8. The van der Waals surface area contributed by atoms with E-state index in [-0.39, 0.29) is 35.0 Å². The van der Waals surface area contributed by atoms with E-state index in [9.17, 15) is 9.59 Å². The molecule has 5 rings (SSSR count). The first-order chi connectivity index (χ1) is 17.0. The minimum absolute atomic E-state index is 0.00816. The molecule has 3 fully saturated rings. The van der Waals surface area contributed by atoms with Crippen LogP contribution in [0.15, 0.2) is 16.6 Å². The standard InChI is InChI=1S/C31H47NO4/c1-18-7-10-27(32-17-18)19(2)29-28(36-21(4)34)16-26-24-9-8-22-15-23(35-20(3)33)11-13-30(22,5)25(24)12-14-31(26,29)6/h8,18-19,23-26,28-29H,7,9-17H2,1-6H3/t18-,19-,23+,24+,25-,26+,28-,29-,30+,31+/m1/s1. The van der Waals surface area contributed by atoms with Crippen molar-refractivity contribution in [3.8, 4) is 0 Å². The Balaban J connectivity index is 1.43. The van der Waals surface area contributed by atoms with Crippen LogP contribution < -0.4 is 0 Å². The van der Waals surface area contributed by atoms with Crippen molar-refractivity contribution in [1.82, 2.24) is 0 Å². The smallest absolute Gasteiger partial charge is 0.302 e. The summed E-state index contributed by atoms with van der Waals surface area (Å²) in [5, 5.41) is 0. The summed E-state index contributed by atoms with van der Waals surface area (Å²) >= 11 is 0. The Morgan fingerprint density at radius 3 is 2.47 bits per heavy atom. The molecule has 0 amide bonds. The van der Waals surface area contributed by atoms with Gasteiger partial charge >= 0.3 is 11.9 Å². The number of allylic oxidation sites excluding steroid dienone is 1. The molecule has 0 saturated heterocycles. The van der Waals surface area contributed by atoms with Crippen LogP contribution in [0.1, 0.15) is 99.3 Å². The van der Waals surface area contributed by atoms with Crippen LogP contribution in [0.5, 0.6) is 0 Å². The van der Waals surface area contributed by atoms with E-state index in [0.29, 0.717) is 35.5 Å². The maximum absolute atomic E-state index is 12.2. The van der Waals surface area contributed by atoms with Gasteiger partial charge in [0.1, 0.15) is 12.2 Å². The Kier molecular flexibility index (Phi) is 6.91. The highest BCUT2D eigenvalue weighted by Crippen LogP contribution is 2.67. The normalized spacial score (nSPS) is 44.8. The molecule has 5 aliphatic rings. The quantitative estimate of drug-likeness (QED) is 0.326. The molecule has 0 unspecified atom stereocenters. The monoisotopic (exact) mass is 497 g/mol. The van der Waals surface area contributed by atoms with E-state index in [2.05, 4.69) is 33.8 Å². The SMILES string of the molecule is CC(=O)O[C@H]1CC[C@@]2(C)C(=CC[C@H]3[C@H]2CC[C@]2(C)[C@H]([C@H](C)C4=NC[C@H](C)CC4)[C@H](OC(C)=O)C[C@@H]32)C1. The molecule has 0 aromatic carbocycles. The number of esters is 2. The van der Waals surface area contributed by atoms with Gasteiger partial charge in [0.15, 0.2) is 0 Å². The van der Waals surface area contributed by atoms with Crippen LogP contribution >= 0.6 is 0 Å². The molecule has 0 bridgehead atoms. The number of carbonyl (C=O) groups excluding carboxylic acids is 2. The number of rotatable bonds is 4. The third-order valence-corrected chi connectivity index (χ3v) is 11.4. The number of ether oxygens (including phenoxy) is 2. The Hall–Kier alpha value is -1.65. The average Bonchev–Trinajstić information content (AvgIpc) is 3.10. The van der Waals surface area contributed by atoms with Gasteiger partial charge < -0.3 is 9.47 Å². The van der Waals surface area contributed by atoms with Crippen LogP contribution in [0.4, 0.5) is 0 Å². The lowest BCUT2D eigenvalue weighted by atomic mass is 9.47. The fourth-order valence-corrected chi connectivity index (χ4v) is 9.63. The van der Waals surface area contributed by atoms with Gasteiger partial charge in [-0.1, -0.05) is 39.3 Å². The van der Waals surface area contributed by atoms with E-state index in [1.165, 1.54) is 37.5 Å². The van der Waals surface area contributed by atoms with Gasteiger partial charge in [0.05, 0.1) is 0 Å². The highest BCUT2D eigenvalue weighted by Gasteiger charge is 2.63. The third kappa shape index (κ3) is 4.36. The number of hydrogen-bond donors (Lipinski definition) is 0. The summed E-state index contributed by atoms with van der Waals surface area (Å²) < 4.78 is 11.7. The Morgan fingerprint density at radius 2 is 1.81 bits per heavy atom. The molecule has 0 aromatic heterocycles. The summed E-state index contributed by atoms with van der Waals surface area (Å²) in [6, 6.07) is 0. The van der Waals surface area contributed by atoms with Crippen LogP contribution in [0, 0.1) is 46.3 Å². The van der Waals surface area contributed by atoms with Gasteiger partial charge in [-0.15, -0.1) is 0 Å². The molecule has 1 heterocycles. The maximum Gasteiger partial charge on any atom is 0.302 e. The van der Waals surface area contributed by atoms with Gasteiger partial charge in [-0.3, -0.25) is 14.6 Å². The maximum atomic E-state index is 12.2. The van der Waals surface area contributed by atoms with Crippen molar-refractivity contribution in [2.24, 2.45) is 51.3 Å². The van der Waals surface area contributed by atoms with Gasteiger partial charge in [-0.25, -0.2) is 0 Å². The van der Waals surface area contributed by atoms with Gasteiger partial charge in [0.2, 0.25) is 0 Å². The lowest BCUT2D eigenvalue weighted by Crippen LogP contribution is -2.51. The number of hydrogen-bond acceptors (Lipinski definition) is 5. The molecule has 4 aliphatic carbocycles. The molecular formula is C31H47NO4. The molecule has 0 spiro atoms. The molecule has 200 valence electrons. The van der Waals surface area contributed by atoms with E-state index in [1.54, 1.807) is 6.92 Å². The van der Waals surface area contributed by atoms with E-state index in [1.807, 2.05) is 0 Å². The molecular weight excluding hydrogens is 450 g/mol. The van der Waals surface area contributed by atoms with Crippen molar-refractivity contribution in [1.29, 1.82) is 0 Å². The van der Waals surface area contributed by atoms with Crippen molar-refractivity contribution >= 4 is 17.7 Å². The molecule has 1 aliphatic heterocycles. The second-order valence-electron chi connectivity index (χ2n) is 13.5. The predicted molar refractivity (Wildman–Crippen MR) is 142 cm³/mol. The Labute approximate surface area is 217 Å². The Morgan fingerprint density at radius 1 is 1.06 bits per heavy atom. The lowest BCUT2D eigenvalue weighted by Gasteiger charge is -2.58. The summed E-state index contributed by atoms with van der Waals surface area (Å²) in [4.78, 5) is 28.8. The molecule has 5 heteroatoms. The minimum Gasteiger partial charge on any atom is -0.462 e. The molecule has 3 saturated carbocycles. The van der Waals surface area contributed by atoms with Crippen molar-refractivity contribution in [2.75, 3.05) is 6.54 Å². The van der Waals surface area contributed by atoms with Crippen LogP contribution in [0.3, 0.4) is 0 Å². The van der Waals surface area contributed by atoms with E-state index in [4.69, 9.17) is 14.5 Å². The number of aliphatic imine (C=N–C) groups is 1. The first-order valence-corrected chi connectivity index (χ1v) is 14.6. The Bertz CT molecular complexity index is 954. The fourth-order valence-electron chi connectivity index (χ4n) is 9.63. The van der Waals surface area contributed by atoms with Crippen molar-refractivity contribution < 1.29 is 19.1 Å². The van der Waals surface area contributed by atoms with Crippen molar-refractivity contribution in [3.05, 3.63) is 11.6 Å².